The number of carbonyl (C=O) groups excluding carboxylic acids is 2. The molecule has 7 nitrogen and oxygen atoms in total. The molecule has 16 heavy (non-hydrogen) atoms. The van der Waals surface area contributed by atoms with Gasteiger partial charge in [-0.25, -0.2) is 0 Å². The van der Waals surface area contributed by atoms with Crippen molar-refractivity contribution in [2.75, 3.05) is 19.5 Å². The number of amides is 2. The minimum Gasteiger partial charge on any atom is -0.530 e. The number of ether oxygens (including phenoxy) is 1. The Balaban J connectivity index is 0. The SMILES string of the molecule is CCOC(C)=NO.CN(C(=O)[O-])C(=O)CCl. The Labute approximate surface area is 98.2 Å². The highest BCUT2D eigenvalue weighted by Crippen LogP contribution is 1.85. The Kier molecular flexibility index (Phi) is 10.6. The number of halogens is 1. The predicted octanol–water partition coefficient (Wildman–Crippen LogP) is -0.143. The number of imide groups is 1. The summed E-state index contributed by atoms with van der Waals surface area (Å²) in [6.07, 6.45) is -1.54. The van der Waals surface area contributed by atoms with Crippen molar-refractivity contribution in [2.45, 2.75) is 13.8 Å². The van der Waals surface area contributed by atoms with Gasteiger partial charge in [0.05, 0.1) is 6.61 Å². The van der Waals surface area contributed by atoms with Crippen LogP contribution in [0, 0.1) is 0 Å². The number of alkyl halides is 1. The van der Waals surface area contributed by atoms with E-state index in [1.54, 1.807) is 6.92 Å². The van der Waals surface area contributed by atoms with Crippen molar-refractivity contribution in [3.63, 3.8) is 0 Å². The predicted molar refractivity (Wildman–Crippen MR) is 55.4 cm³/mol. The smallest absolute Gasteiger partial charge is 0.242 e. The average Bonchev–Trinajstić information content (AvgIpc) is 2.27. The quantitative estimate of drug-likeness (QED) is 0.243. The number of carbonyl (C=O) groups is 2. The molecule has 0 atom stereocenters. The molecule has 0 aromatic carbocycles. The van der Waals surface area contributed by atoms with Crippen molar-refractivity contribution in [3.05, 3.63) is 0 Å². The average molecular weight is 254 g/mol. The van der Waals surface area contributed by atoms with Crippen LogP contribution in [0.25, 0.3) is 0 Å². The maximum atomic E-state index is 10.3. The topological polar surface area (TPSA) is 102 Å². The first-order chi connectivity index (χ1) is 7.40. The van der Waals surface area contributed by atoms with E-state index in [-0.39, 0.29) is 5.88 Å². The largest absolute Gasteiger partial charge is 0.530 e. The van der Waals surface area contributed by atoms with Crippen LogP contribution in [-0.4, -0.2) is 47.5 Å². The molecule has 0 bridgehead atoms. The zero-order valence-corrected chi connectivity index (χ0v) is 10.0. The summed E-state index contributed by atoms with van der Waals surface area (Å²) in [4.78, 5) is 20.6. The van der Waals surface area contributed by atoms with Crippen molar-refractivity contribution < 1.29 is 24.6 Å². The van der Waals surface area contributed by atoms with Crippen LogP contribution in [-0.2, 0) is 9.53 Å². The summed E-state index contributed by atoms with van der Waals surface area (Å²) in [6, 6.07) is 0. The summed E-state index contributed by atoms with van der Waals surface area (Å²) < 4.78 is 4.69. The molecule has 0 saturated heterocycles. The Hall–Kier alpha value is -1.50. The van der Waals surface area contributed by atoms with E-state index < -0.39 is 12.0 Å². The number of nitrogens with zero attached hydrogens (tertiary/aromatic N) is 2. The molecule has 0 heterocycles. The normalized spacial score (nSPS) is 9.88. The molecule has 0 aliphatic heterocycles. The summed E-state index contributed by atoms with van der Waals surface area (Å²) in [5.74, 6) is -0.719. The number of carboxylic acid groups (broad SMARTS) is 1. The van der Waals surface area contributed by atoms with E-state index in [0.29, 0.717) is 17.4 Å². The van der Waals surface area contributed by atoms with Gasteiger partial charge in [-0.05, 0) is 6.92 Å². The maximum absolute atomic E-state index is 10.3. The molecule has 1 N–H and O–H groups in total. The standard InChI is InChI=1S/C4H6ClNO3.C4H9NO2/c1-6(4(8)9)3(7)2-5;1-3-7-4(2)5-6/h2H2,1H3,(H,8,9);6H,3H2,1-2H3/p-1. The molecule has 0 aliphatic rings. The minimum absolute atomic E-state index is 0.308. The Bertz CT molecular complexity index is 257. The van der Waals surface area contributed by atoms with E-state index in [0.717, 1.165) is 7.05 Å². The first-order valence-electron chi connectivity index (χ1n) is 4.25. The highest BCUT2D eigenvalue weighted by molar-refractivity contribution is 6.28. The first kappa shape index (κ1) is 16.9. The second-order valence-electron chi connectivity index (χ2n) is 2.40. The van der Waals surface area contributed by atoms with Gasteiger partial charge >= 0.3 is 0 Å². The minimum atomic E-state index is -1.54. The molecule has 0 aliphatic carbocycles. The van der Waals surface area contributed by atoms with Crippen molar-refractivity contribution >= 4 is 29.5 Å². The van der Waals surface area contributed by atoms with Crippen molar-refractivity contribution in [1.29, 1.82) is 0 Å². The second kappa shape index (κ2) is 10.0. The van der Waals surface area contributed by atoms with Gasteiger partial charge in [0.1, 0.15) is 12.0 Å². The van der Waals surface area contributed by atoms with Gasteiger partial charge in [-0.1, -0.05) is 5.16 Å². The molecule has 8 heteroatoms. The van der Waals surface area contributed by atoms with Crippen molar-refractivity contribution in [1.82, 2.24) is 4.90 Å². The summed E-state index contributed by atoms with van der Waals surface area (Å²) in [6.45, 7) is 3.97. The van der Waals surface area contributed by atoms with Crippen LogP contribution in [0.1, 0.15) is 13.8 Å². The van der Waals surface area contributed by atoms with E-state index in [1.165, 1.54) is 0 Å². The first-order valence-corrected chi connectivity index (χ1v) is 4.79. The third-order valence-corrected chi connectivity index (χ3v) is 1.48. The fourth-order valence-electron chi connectivity index (χ4n) is 0.429. The van der Waals surface area contributed by atoms with Gasteiger partial charge in [-0.3, -0.25) is 4.79 Å². The number of hydrogen-bond donors (Lipinski definition) is 1. The Morgan fingerprint density at radius 1 is 1.56 bits per heavy atom. The highest BCUT2D eigenvalue weighted by atomic mass is 35.5. The van der Waals surface area contributed by atoms with Crippen LogP contribution in [0.4, 0.5) is 4.79 Å². The van der Waals surface area contributed by atoms with E-state index in [4.69, 9.17) is 21.5 Å². The summed E-state index contributed by atoms with van der Waals surface area (Å²) >= 11 is 5.01. The number of rotatable bonds is 2. The van der Waals surface area contributed by atoms with E-state index in [9.17, 15) is 14.7 Å². The third-order valence-electron chi connectivity index (χ3n) is 1.26. The molecule has 0 aromatic heterocycles. The lowest BCUT2D eigenvalue weighted by molar-refractivity contribution is -0.262. The third kappa shape index (κ3) is 9.07. The van der Waals surface area contributed by atoms with Crippen LogP contribution >= 0.6 is 11.6 Å². The monoisotopic (exact) mass is 253 g/mol. The second-order valence-corrected chi connectivity index (χ2v) is 2.67. The molecule has 2 amide bonds. The van der Waals surface area contributed by atoms with Gasteiger partial charge in [0.2, 0.25) is 11.8 Å². The molecule has 0 radical (unpaired) electrons. The summed E-state index contributed by atoms with van der Waals surface area (Å²) in [5, 5.41) is 20.5. The van der Waals surface area contributed by atoms with Gasteiger partial charge in [-0.15, -0.1) is 11.6 Å². The molecule has 0 saturated carbocycles. The number of oxime groups is 1. The van der Waals surface area contributed by atoms with Crippen LogP contribution in [0.15, 0.2) is 5.16 Å². The molecule has 0 fully saturated rings. The van der Waals surface area contributed by atoms with Crippen LogP contribution in [0.2, 0.25) is 0 Å². The molecule has 0 unspecified atom stereocenters. The Morgan fingerprint density at radius 2 is 2.06 bits per heavy atom. The number of hydrogen-bond acceptors (Lipinski definition) is 6. The van der Waals surface area contributed by atoms with Gasteiger partial charge in [0.25, 0.3) is 0 Å². The van der Waals surface area contributed by atoms with Gasteiger partial charge in [0, 0.05) is 14.0 Å². The summed E-state index contributed by atoms with van der Waals surface area (Å²) in [5.41, 5.74) is 0. The molecular formula is C8H14ClN2O5-. The van der Waals surface area contributed by atoms with Crippen molar-refractivity contribution in [3.8, 4) is 0 Å². The lowest BCUT2D eigenvalue weighted by Crippen LogP contribution is -2.42. The summed E-state index contributed by atoms with van der Waals surface area (Å²) in [7, 11) is 1.08. The molecule has 0 rings (SSSR count). The molecule has 94 valence electrons. The lowest BCUT2D eigenvalue weighted by Gasteiger charge is -2.14. The molecule has 0 aromatic rings. The zero-order valence-electron chi connectivity index (χ0n) is 9.27. The molecular weight excluding hydrogens is 240 g/mol. The van der Waals surface area contributed by atoms with Gasteiger partial charge in [0.15, 0.2) is 0 Å². The van der Waals surface area contributed by atoms with Crippen LogP contribution in [0.3, 0.4) is 0 Å². The van der Waals surface area contributed by atoms with E-state index in [2.05, 4.69) is 5.16 Å². The van der Waals surface area contributed by atoms with E-state index >= 15 is 0 Å². The van der Waals surface area contributed by atoms with E-state index in [1.807, 2.05) is 6.92 Å². The Morgan fingerprint density at radius 3 is 2.19 bits per heavy atom. The molecule has 0 spiro atoms. The van der Waals surface area contributed by atoms with Crippen molar-refractivity contribution in [2.24, 2.45) is 5.16 Å². The lowest BCUT2D eigenvalue weighted by atomic mass is 10.6. The van der Waals surface area contributed by atoms with Gasteiger partial charge < -0.3 is 24.7 Å². The highest BCUT2D eigenvalue weighted by Gasteiger charge is 2.05. The fourth-order valence-corrected chi connectivity index (χ4v) is 0.608. The van der Waals surface area contributed by atoms with Crippen LogP contribution < -0.4 is 5.11 Å². The van der Waals surface area contributed by atoms with Crippen LogP contribution in [0.5, 0.6) is 0 Å². The van der Waals surface area contributed by atoms with Gasteiger partial charge in [-0.2, -0.15) is 0 Å². The zero-order chi connectivity index (χ0) is 13.1. The fraction of sp³-hybridized carbons (Fsp3) is 0.625. The maximum Gasteiger partial charge on any atom is 0.242 e.